The fraction of sp³-hybridized carbons (Fsp3) is 0.783. The summed E-state index contributed by atoms with van der Waals surface area (Å²) in [4.78, 5) is 59.3. The maximum Gasteiger partial charge on any atom is 0.303 e. The lowest BCUT2D eigenvalue weighted by molar-refractivity contribution is -0.360. The number of ether oxygens (including phenoxy) is 9. The zero-order valence-electron chi connectivity index (χ0n) is 22.0. The van der Waals surface area contributed by atoms with Crippen LogP contribution in [0.25, 0.3) is 0 Å². The lowest BCUT2D eigenvalue weighted by atomic mass is 9.97. The van der Waals surface area contributed by atoms with Crippen LogP contribution >= 0.6 is 0 Å². The van der Waals surface area contributed by atoms with E-state index in [1.807, 2.05) is 0 Å². The van der Waals surface area contributed by atoms with Crippen LogP contribution in [-0.2, 0) is 66.6 Å². The minimum absolute atomic E-state index is 0.660. The van der Waals surface area contributed by atoms with Gasteiger partial charge in [-0.15, -0.1) is 0 Å². The smallest absolute Gasteiger partial charge is 0.303 e. The van der Waals surface area contributed by atoms with E-state index in [0.717, 1.165) is 27.7 Å². The Balaban J connectivity index is 2.50. The van der Waals surface area contributed by atoms with Crippen LogP contribution in [-0.4, -0.2) is 98.4 Å². The fourth-order valence-electron chi connectivity index (χ4n) is 4.22. The number of carbonyl (C=O) groups is 5. The number of carbonyl (C=O) groups excluding carboxylic acids is 5. The average molecular weight is 535 g/mol. The molecular formula is C23H34O14. The number of rotatable bonds is 8. The summed E-state index contributed by atoms with van der Waals surface area (Å²) in [6.45, 7) is 8.86. The highest BCUT2D eigenvalue weighted by atomic mass is 16.8. The van der Waals surface area contributed by atoms with Gasteiger partial charge in [-0.1, -0.05) is 0 Å². The molecule has 0 unspecified atom stereocenters. The Kier molecular flexibility index (Phi) is 10.8. The van der Waals surface area contributed by atoms with Crippen LogP contribution in [0.4, 0.5) is 0 Å². The molecule has 0 aliphatic carbocycles. The quantitative estimate of drug-likeness (QED) is 0.305. The Bertz CT molecular complexity index is 858. The predicted octanol–water partition coefficient (Wildman–Crippen LogP) is 0.166. The van der Waals surface area contributed by atoms with Crippen LogP contribution < -0.4 is 0 Å². The van der Waals surface area contributed by atoms with Crippen molar-refractivity contribution in [3.05, 3.63) is 0 Å². The molecule has 0 radical (unpaired) electrons. The molecule has 0 N–H and O–H groups in total. The fourth-order valence-corrected chi connectivity index (χ4v) is 4.22. The van der Waals surface area contributed by atoms with Crippen LogP contribution in [0.3, 0.4) is 0 Å². The van der Waals surface area contributed by atoms with E-state index in [9.17, 15) is 24.0 Å². The van der Waals surface area contributed by atoms with E-state index in [1.165, 1.54) is 21.0 Å². The summed E-state index contributed by atoms with van der Waals surface area (Å²) in [6, 6.07) is 0. The third-order valence-electron chi connectivity index (χ3n) is 5.49. The molecule has 37 heavy (non-hydrogen) atoms. The van der Waals surface area contributed by atoms with Gasteiger partial charge in [0.05, 0.1) is 12.2 Å². The molecule has 14 heteroatoms. The van der Waals surface area contributed by atoms with Crippen molar-refractivity contribution in [1.29, 1.82) is 0 Å². The molecule has 10 atom stereocenters. The summed E-state index contributed by atoms with van der Waals surface area (Å²) in [5.41, 5.74) is 0. The molecule has 2 aliphatic heterocycles. The van der Waals surface area contributed by atoms with E-state index in [-0.39, 0.29) is 0 Å². The van der Waals surface area contributed by atoms with Gasteiger partial charge < -0.3 is 42.6 Å². The molecule has 0 spiro atoms. The summed E-state index contributed by atoms with van der Waals surface area (Å²) in [7, 11) is 1.32. The van der Waals surface area contributed by atoms with Gasteiger partial charge in [0, 0.05) is 41.7 Å². The molecule has 0 bridgehead atoms. The molecule has 2 saturated heterocycles. The second-order valence-electron chi connectivity index (χ2n) is 8.63. The first-order chi connectivity index (χ1) is 17.2. The van der Waals surface area contributed by atoms with Gasteiger partial charge in [0.15, 0.2) is 49.2 Å². The first-order valence-corrected chi connectivity index (χ1v) is 11.6. The molecular weight excluding hydrogens is 500 g/mol. The highest BCUT2D eigenvalue weighted by Crippen LogP contribution is 2.34. The summed E-state index contributed by atoms with van der Waals surface area (Å²) in [6.07, 6.45) is -11.8. The Hall–Kier alpha value is -2.81. The summed E-state index contributed by atoms with van der Waals surface area (Å²) < 4.78 is 50.0. The number of hydrogen-bond donors (Lipinski definition) is 0. The molecule has 0 aromatic carbocycles. The van der Waals surface area contributed by atoms with Crippen molar-refractivity contribution in [1.82, 2.24) is 0 Å². The van der Waals surface area contributed by atoms with E-state index < -0.39 is 91.3 Å². The van der Waals surface area contributed by atoms with Crippen molar-refractivity contribution in [3.8, 4) is 0 Å². The molecule has 0 aromatic rings. The van der Waals surface area contributed by atoms with E-state index >= 15 is 0 Å². The van der Waals surface area contributed by atoms with Crippen LogP contribution in [0.1, 0.15) is 48.5 Å². The van der Waals surface area contributed by atoms with Crippen molar-refractivity contribution in [2.24, 2.45) is 0 Å². The first kappa shape index (κ1) is 30.4. The minimum atomic E-state index is -1.45. The zero-order valence-corrected chi connectivity index (χ0v) is 22.0. The average Bonchev–Trinajstić information content (AvgIpc) is 2.76. The van der Waals surface area contributed by atoms with Crippen molar-refractivity contribution >= 4 is 29.8 Å². The monoisotopic (exact) mass is 534 g/mol. The summed E-state index contributed by atoms with van der Waals surface area (Å²) in [5, 5.41) is 0. The lowest BCUT2D eigenvalue weighted by Gasteiger charge is -2.48. The van der Waals surface area contributed by atoms with Gasteiger partial charge in [-0.25, -0.2) is 0 Å². The van der Waals surface area contributed by atoms with Crippen LogP contribution in [0, 0.1) is 0 Å². The normalized spacial score (nSPS) is 35.6. The molecule has 2 fully saturated rings. The van der Waals surface area contributed by atoms with Crippen molar-refractivity contribution in [2.45, 2.75) is 110 Å². The van der Waals surface area contributed by atoms with Crippen molar-refractivity contribution in [3.63, 3.8) is 0 Å². The second kappa shape index (κ2) is 13.1. The highest BCUT2D eigenvalue weighted by molar-refractivity contribution is 5.69. The Morgan fingerprint density at radius 3 is 1.19 bits per heavy atom. The van der Waals surface area contributed by atoms with E-state index in [4.69, 9.17) is 42.6 Å². The maximum absolute atomic E-state index is 12.0. The van der Waals surface area contributed by atoms with Crippen molar-refractivity contribution < 1.29 is 66.6 Å². The van der Waals surface area contributed by atoms with E-state index in [1.54, 1.807) is 6.92 Å². The van der Waals surface area contributed by atoms with E-state index in [0.29, 0.717) is 0 Å². The standard InChI is InChI=1S/C23H34O14/c1-9-16(32-11(3)24)18(34-13(5)26)20(22(29-8)30-9)37-23-21(36-15(7)28)19(35-14(6)27)17(10(2)31-23)33-12(4)25/h9-10,16-23H,1-8H3/t9-,10-,16-,17-,18+,19+,20-,21+,22-,23-/m0/s1. The molecule has 2 aliphatic rings. The van der Waals surface area contributed by atoms with Gasteiger partial charge >= 0.3 is 29.8 Å². The van der Waals surface area contributed by atoms with Gasteiger partial charge in [0.2, 0.25) is 0 Å². The Morgan fingerprint density at radius 1 is 0.486 bits per heavy atom. The predicted molar refractivity (Wildman–Crippen MR) is 118 cm³/mol. The number of methoxy groups -OCH3 is 1. The van der Waals surface area contributed by atoms with Crippen LogP contribution in [0.15, 0.2) is 0 Å². The largest absolute Gasteiger partial charge is 0.456 e. The molecule has 0 saturated carbocycles. The second-order valence-corrected chi connectivity index (χ2v) is 8.63. The third kappa shape index (κ3) is 8.09. The molecule has 210 valence electrons. The summed E-state index contributed by atoms with van der Waals surface area (Å²) in [5.74, 6) is -3.58. The Morgan fingerprint density at radius 2 is 0.811 bits per heavy atom. The molecule has 2 heterocycles. The SMILES string of the molecule is CO[C@H]1O[C@@H](C)[C@H](OC(C)=O)[C@@H](OC(C)=O)[C@@H]1O[C@@H]1O[C@@H](C)[C@H](OC(C)=O)[C@@H](OC(C)=O)[C@H]1OC(C)=O. The van der Waals surface area contributed by atoms with Gasteiger partial charge in [-0.2, -0.15) is 0 Å². The summed E-state index contributed by atoms with van der Waals surface area (Å²) >= 11 is 0. The third-order valence-corrected chi connectivity index (χ3v) is 5.49. The molecule has 14 nitrogen and oxygen atoms in total. The highest BCUT2D eigenvalue weighted by Gasteiger charge is 2.55. The maximum atomic E-state index is 12.0. The Labute approximate surface area is 214 Å². The van der Waals surface area contributed by atoms with Gasteiger partial charge in [0.1, 0.15) is 0 Å². The molecule has 0 amide bonds. The topological polar surface area (TPSA) is 168 Å². The molecule has 2 rings (SSSR count). The van der Waals surface area contributed by atoms with Gasteiger partial charge in [-0.05, 0) is 13.8 Å². The van der Waals surface area contributed by atoms with Gasteiger partial charge in [-0.3, -0.25) is 24.0 Å². The lowest BCUT2D eigenvalue weighted by Crippen LogP contribution is -2.65. The van der Waals surface area contributed by atoms with Crippen LogP contribution in [0.2, 0.25) is 0 Å². The molecule has 0 aromatic heterocycles. The van der Waals surface area contributed by atoms with Gasteiger partial charge in [0.25, 0.3) is 0 Å². The first-order valence-electron chi connectivity index (χ1n) is 11.6. The number of hydrogen-bond acceptors (Lipinski definition) is 14. The van der Waals surface area contributed by atoms with E-state index in [2.05, 4.69) is 0 Å². The number of esters is 5. The van der Waals surface area contributed by atoms with Crippen molar-refractivity contribution in [2.75, 3.05) is 7.11 Å². The minimum Gasteiger partial charge on any atom is -0.456 e. The van der Waals surface area contributed by atoms with Crippen LogP contribution in [0.5, 0.6) is 0 Å². The zero-order chi connectivity index (χ0) is 28.0.